The molecule has 0 aliphatic rings. The summed E-state index contributed by atoms with van der Waals surface area (Å²) in [6, 6.07) is 7.94. The zero-order valence-corrected chi connectivity index (χ0v) is 12.7. The number of rotatable bonds is 5. The monoisotopic (exact) mass is 273 g/mol. The van der Waals surface area contributed by atoms with E-state index in [4.69, 9.17) is 4.74 Å². The quantitative estimate of drug-likeness (QED) is 0.898. The normalized spacial score (nSPS) is 11.6. The maximum Gasteiger partial charge on any atom is 0.226 e. The van der Waals surface area contributed by atoms with Crippen molar-refractivity contribution >= 4 is 16.9 Å². The van der Waals surface area contributed by atoms with Crippen molar-refractivity contribution in [2.45, 2.75) is 34.1 Å². The first kappa shape index (κ1) is 14.6. The topological polar surface area (TPSA) is 47.0 Å². The molecule has 0 saturated heterocycles. The van der Waals surface area contributed by atoms with E-state index >= 15 is 0 Å². The summed E-state index contributed by atoms with van der Waals surface area (Å²) in [5.74, 6) is 1.28. The summed E-state index contributed by atoms with van der Waals surface area (Å²) in [5.41, 5.74) is 1.16. The average molecular weight is 273 g/mol. The van der Waals surface area contributed by atoms with Gasteiger partial charge in [-0.25, -0.2) is 4.98 Å². The summed E-state index contributed by atoms with van der Waals surface area (Å²) in [7, 11) is 0. The van der Waals surface area contributed by atoms with Gasteiger partial charge in [-0.2, -0.15) is 4.98 Å². The highest BCUT2D eigenvalue weighted by atomic mass is 16.5. The third-order valence-corrected chi connectivity index (χ3v) is 2.99. The molecule has 0 aliphatic carbocycles. The summed E-state index contributed by atoms with van der Waals surface area (Å²) in [4.78, 5) is 8.95. The van der Waals surface area contributed by atoms with Crippen molar-refractivity contribution in [2.24, 2.45) is 5.41 Å². The van der Waals surface area contributed by atoms with Crippen molar-refractivity contribution in [1.82, 2.24) is 9.97 Å². The van der Waals surface area contributed by atoms with Gasteiger partial charge in [0.05, 0.1) is 17.5 Å². The second-order valence-electron chi connectivity index (χ2n) is 6.06. The molecule has 0 fully saturated rings. The fourth-order valence-corrected chi connectivity index (χ4v) is 1.85. The predicted octanol–water partition coefficient (Wildman–Crippen LogP) is 3.88. The molecule has 1 aromatic heterocycles. The van der Waals surface area contributed by atoms with E-state index in [0.717, 1.165) is 23.9 Å². The minimum Gasteiger partial charge on any atom is -0.477 e. The molecule has 1 aromatic carbocycles. The van der Waals surface area contributed by atoms with Crippen LogP contribution in [-0.2, 0) is 0 Å². The number of hydrogen-bond donors (Lipinski definition) is 1. The van der Waals surface area contributed by atoms with Crippen LogP contribution in [0, 0.1) is 5.41 Å². The molecule has 0 saturated carbocycles. The first-order chi connectivity index (χ1) is 9.49. The van der Waals surface area contributed by atoms with E-state index in [9.17, 15) is 0 Å². The summed E-state index contributed by atoms with van der Waals surface area (Å²) in [5, 5.41) is 4.11. The first-order valence-corrected chi connectivity index (χ1v) is 7.13. The van der Waals surface area contributed by atoms with Crippen molar-refractivity contribution in [3.8, 4) is 5.88 Å². The van der Waals surface area contributed by atoms with Gasteiger partial charge in [0.15, 0.2) is 0 Å². The molecule has 1 heterocycles. The fraction of sp³-hybridized carbons (Fsp3) is 0.500. The van der Waals surface area contributed by atoms with Crippen molar-refractivity contribution in [3.05, 3.63) is 24.3 Å². The van der Waals surface area contributed by atoms with Crippen LogP contribution in [0.3, 0.4) is 0 Å². The van der Waals surface area contributed by atoms with Crippen molar-refractivity contribution in [1.29, 1.82) is 0 Å². The maximum absolute atomic E-state index is 5.89. The minimum atomic E-state index is 0.257. The zero-order chi connectivity index (χ0) is 14.6. The van der Waals surface area contributed by atoms with Gasteiger partial charge in [0, 0.05) is 6.54 Å². The van der Waals surface area contributed by atoms with Crippen LogP contribution < -0.4 is 10.1 Å². The highest BCUT2D eigenvalue weighted by Crippen LogP contribution is 2.25. The Morgan fingerprint density at radius 3 is 2.60 bits per heavy atom. The first-order valence-electron chi connectivity index (χ1n) is 7.13. The van der Waals surface area contributed by atoms with Gasteiger partial charge in [0.25, 0.3) is 0 Å². The largest absolute Gasteiger partial charge is 0.477 e. The lowest BCUT2D eigenvalue weighted by Crippen LogP contribution is -2.12. The van der Waals surface area contributed by atoms with Gasteiger partial charge in [0.1, 0.15) is 0 Å². The summed E-state index contributed by atoms with van der Waals surface area (Å²) < 4.78 is 5.89. The smallest absolute Gasteiger partial charge is 0.226 e. The number of anilines is 1. The third kappa shape index (κ3) is 3.83. The Morgan fingerprint density at radius 2 is 1.90 bits per heavy atom. The molecule has 2 rings (SSSR count). The Kier molecular flexibility index (Phi) is 4.42. The molecule has 0 amide bonds. The Morgan fingerprint density at radius 1 is 1.15 bits per heavy atom. The van der Waals surface area contributed by atoms with E-state index in [1.165, 1.54) is 0 Å². The molecule has 4 heteroatoms. The number of nitrogens with zero attached hydrogens (tertiary/aromatic N) is 2. The Bertz CT molecular complexity index is 575. The lowest BCUT2D eigenvalue weighted by molar-refractivity contribution is 0.239. The van der Waals surface area contributed by atoms with Gasteiger partial charge in [-0.1, -0.05) is 32.9 Å². The molecular weight excluding hydrogens is 250 g/mol. The lowest BCUT2D eigenvalue weighted by Gasteiger charge is -2.18. The fourth-order valence-electron chi connectivity index (χ4n) is 1.85. The summed E-state index contributed by atoms with van der Waals surface area (Å²) in [6.45, 7) is 10.1. The van der Waals surface area contributed by atoms with E-state index in [1.54, 1.807) is 0 Å². The number of benzene rings is 1. The molecular formula is C16H23N3O. The van der Waals surface area contributed by atoms with Gasteiger partial charge in [-0.3, -0.25) is 0 Å². The third-order valence-electron chi connectivity index (χ3n) is 2.99. The highest BCUT2D eigenvalue weighted by molar-refractivity contribution is 5.84. The van der Waals surface area contributed by atoms with E-state index in [0.29, 0.717) is 18.4 Å². The van der Waals surface area contributed by atoms with Crippen LogP contribution in [0.5, 0.6) is 5.88 Å². The van der Waals surface area contributed by atoms with Gasteiger partial charge in [-0.05, 0) is 30.9 Å². The number of hydrogen-bond acceptors (Lipinski definition) is 4. The Hall–Kier alpha value is -1.84. The number of para-hydroxylation sites is 1. The van der Waals surface area contributed by atoms with Gasteiger partial charge < -0.3 is 10.1 Å². The molecule has 108 valence electrons. The molecule has 0 atom stereocenters. The molecule has 2 aromatic rings. The van der Waals surface area contributed by atoms with Crippen LogP contribution in [0.25, 0.3) is 10.9 Å². The highest BCUT2D eigenvalue weighted by Gasteiger charge is 2.12. The van der Waals surface area contributed by atoms with E-state index in [2.05, 4.69) is 36.1 Å². The minimum absolute atomic E-state index is 0.257. The van der Waals surface area contributed by atoms with Crippen LogP contribution in [0.1, 0.15) is 34.1 Å². The number of aromatic nitrogens is 2. The number of fused-ring (bicyclic) bond motifs is 1. The standard InChI is InChI=1S/C16H23N3O/c1-5-17-15-18-13-9-7-6-8-12(13)14(19-15)20-11-10-16(2,3)4/h6-9H,5,10-11H2,1-4H3,(H,17,18,19). The van der Waals surface area contributed by atoms with Crippen molar-refractivity contribution in [2.75, 3.05) is 18.5 Å². The average Bonchev–Trinajstić information content (AvgIpc) is 2.37. The second kappa shape index (κ2) is 6.07. The number of nitrogens with one attached hydrogen (secondary N) is 1. The predicted molar refractivity (Wildman–Crippen MR) is 83.3 cm³/mol. The van der Waals surface area contributed by atoms with Gasteiger partial charge in [0.2, 0.25) is 11.8 Å². The van der Waals surface area contributed by atoms with Crippen LogP contribution >= 0.6 is 0 Å². The molecule has 20 heavy (non-hydrogen) atoms. The van der Waals surface area contributed by atoms with Crippen molar-refractivity contribution < 1.29 is 4.74 Å². The molecule has 0 unspecified atom stereocenters. The van der Waals surface area contributed by atoms with E-state index < -0.39 is 0 Å². The molecule has 1 N–H and O–H groups in total. The van der Waals surface area contributed by atoms with Crippen LogP contribution in [0.15, 0.2) is 24.3 Å². The molecule has 0 radical (unpaired) electrons. The number of ether oxygens (including phenoxy) is 1. The molecule has 0 spiro atoms. The van der Waals surface area contributed by atoms with Crippen LogP contribution in [-0.4, -0.2) is 23.1 Å². The van der Waals surface area contributed by atoms with Gasteiger partial charge in [-0.15, -0.1) is 0 Å². The van der Waals surface area contributed by atoms with Gasteiger partial charge >= 0.3 is 0 Å². The van der Waals surface area contributed by atoms with E-state index in [1.807, 2.05) is 31.2 Å². The summed E-state index contributed by atoms with van der Waals surface area (Å²) in [6.07, 6.45) is 0.988. The Balaban J connectivity index is 2.25. The lowest BCUT2D eigenvalue weighted by atomic mass is 9.93. The summed E-state index contributed by atoms with van der Waals surface area (Å²) >= 11 is 0. The molecule has 0 bridgehead atoms. The second-order valence-corrected chi connectivity index (χ2v) is 6.06. The van der Waals surface area contributed by atoms with Crippen LogP contribution in [0.2, 0.25) is 0 Å². The van der Waals surface area contributed by atoms with E-state index in [-0.39, 0.29) is 5.41 Å². The Labute approximate surface area is 120 Å². The molecule has 0 aliphatic heterocycles. The SMILES string of the molecule is CCNc1nc(OCCC(C)(C)C)c2ccccc2n1. The molecule has 4 nitrogen and oxygen atoms in total. The zero-order valence-electron chi connectivity index (χ0n) is 12.7. The van der Waals surface area contributed by atoms with Crippen molar-refractivity contribution in [3.63, 3.8) is 0 Å². The maximum atomic E-state index is 5.89. The van der Waals surface area contributed by atoms with Crippen LogP contribution in [0.4, 0.5) is 5.95 Å².